The fourth-order valence-corrected chi connectivity index (χ4v) is 3.89. The SMILES string of the molecule is Cc1ccc(NC(=O)CCc2nc(CSc3nc4cc(C)c(C)cc4[nH]3)no2)cc1C. The monoisotopic (exact) mass is 435 g/mol. The van der Waals surface area contributed by atoms with E-state index in [0.717, 1.165) is 27.4 Å². The van der Waals surface area contributed by atoms with E-state index >= 15 is 0 Å². The lowest BCUT2D eigenvalue weighted by Gasteiger charge is -2.06. The van der Waals surface area contributed by atoms with Crippen molar-refractivity contribution in [2.45, 2.75) is 51.4 Å². The van der Waals surface area contributed by atoms with E-state index in [1.165, 1.54) is 28.5 Å². The smallest absolute Gasteiger partial charge is 0.227 e. The zero-order valence-corrected chi connectivity index (χ0v) is 18.9. The van der Waals surface area contributed by atoms with Gasteiger partial charge in [0.05, 0.1) is 16.8 Å². The number of aryl methyl sites for hydroxylation is 5. The Labute approximate surface area is 185 Å². The maximum absolute atomic E-state index is 12.2. The molecule has 0 bridgehead atoms. The second-order valence-electron chi connectivity index (χ2n) is 7.74. The molecule has 2 heterocycles. The van der Waals surface area contributed by atoms with Crippen molar-refractivity contribution in [3.8, 4) is 0 Å². The predicted molar refractivity (Wildman–Crippen MR) is 122 cm³/mol. The van der Waals surface area contributed by atoms with E-state index in [4.69, 9.17) is 4.52 Å². The number of anilines is 1. The zero-order valence-electron chi connectivity index (χ0n) is 18.1. The number of amides is 1. The summed E-state index contributed by atoms with van der Waals surface area (Å²) in [6, 6.07) is 10.1. The van der Waals surface area contributed by atoms with Crippen molar-refractivity contribution in [1.82, 2.24) is 20.1 Å². The van der Waals surface area contributed by atoms with Gasteiger partial charge in [0.1, 0.15) is 0 Å². The van der Waals surface area contributed by atoms with Crippen LogP contribution in [0, 0.1) is 27.7 Å². The lowest BCUT2D eigenvalue weighted by molar-refractivity contribution is -0.116. The van der Waals surface area contributed by atoms with Crippen LogP contribution in [0.3, 0.4) is 0 Å². The van der Waals surface area contributed by atoms with Crippen LogP contribution >= 0.6 is 11.8 Å². The molecule has 1 amide bonds. The molecule has 0 saturated carbocycles. The lowest BCUT2D eigenvalue weighted by atomic mass is 10.1. The Morgan fingerprint density at radius 3 is 2.61 bits per heavy atom. The van der Waals surface area contributed by atoms with Gasteiger partial charge in [0.15, 0.2) is 11.0 Å². The summed E-state index contributed by atoms with van der Waals surface area (Å²) in [6.45, 7) is 8.24. The molecule has 8 heteroatoms. The Morgan fingerprint density at radius 1 is 1.03 bits per heavy atom. The molecule has 4 aromatic rings. The molecule has 0 radical (unpaired) electrons. The molecule has 2 aromatic heterocycles. The molecule has 2 N–H and O–H groups in total. The summed E-state index contributed by atoms with van der Waals surface area (Å²) in [6.07, 6.45) is 0.682. The first-order valence-electron chi connectivity index (χ1n) is 10.2. The molecule has 0 unspecified atom stereocenters. The number of nitrogens with zero attached hydrogens (tertiary/aromatic N) is 3. The number of carbonyl (C=O) groups excluding carboxylic acids is 1. The minimum atomic E-state index is -0.0785. The van der Waals surface area contributed by atoms with E-state index in [2.05, 4.69) is 51.4 Å². The summed E-state index contributed by atoms with van der Waals surface area (Å²) in [5, 5.41) is 7.74. The highest BCUT2D eigenvalue weighted by Crippen LogP contribution is 2.24. The second-order valence-corrected chi connectivity index (χ2v) is 8.70. The summed E-state index contributed by atoms with van der Waals surface area (Å²) in [5.74, 6) is 1.50. The first-order chi connectivity index (χ1) is 14.9. The van der Waals surface area contributed by atoms with Gasteiger partial charge in [-0.15, -0.1) is 0 Å². The normalized spacial score (nSPS) is 11.2. The van der Waals surface area contributed by atoms with Gasteiger partial charge >= 0.3 is 0 Å². The van der Waals surface area contributed by atoms with Gasteiger partial charge in [0.25, 0.3) is 0 Å². The van der Waals surface area contributed by atoms with Crippen molar-refractivity contribution in [3.63, 3.8) is 0 Å². The van der Waals surface area contributed by atoms with E-state index in [1.54, 1.807) is 0 Å². The Morgan fingerprint density at radius 2 is 1.81 bits per heavy atom. The number of fused-ring (bicyclic) bond motifs is 1. The van der Waals surface area contributed by atoms with Gasteiger partial charge < -0.3 is 14.8 Å². The quantitative estimate of drug-likeness (QED) is 0.395. The molecule has 7 nitrogen and oxygen atoms in total. The van der Waals surface area contributed by atoms with E-state index < -0.39 is 0 Å². The Bertz CT molecular complexity index is 1210. The van der Waals surface area contributed by atoms with E-state index in [-0.39, 0.29) is 12.3 Å². The van der Waals surface area contributed by atoms with E-state index in [1.807, 2.05) is 32.0 Å². The molecule has 4 rings (SSSR count). The number of aromatic nitrogens is 4. The number of nitrogens with one attached hydrogen (secondary N) is 2. The van der Waals surface area contributed by atoms with Crippen LogP contribution in [0.2, 0.25) is 0 Å². The molecule has 0 saturated heterocycles. The topological polar surface area (TPSA) is 96.7 Å². The van der Waals surface area contributed by atoms with Crippen molar-refractivity contribution in [2.24, 2.45) is 0 Å². The largest absolute Gasteiger partial charge is 0.339 e. The first-order valence-corrected chi connectivity index (χ1v) is 11.1. The lowest BCUT2D eigenvalue weighted by Crippen LogP contribution is -2.12. The number of aromatic amines is 1. The van der Waals surface area contributed by atoms with Crippen molar-refractivity contribution in [1.29, 1.82) is 0 Å². The summed E-state index contributed by atoms with van der Waals surface area (Å²) in [5.41, 5.74) is 7.57. The van der Waals surface area contributed by atoms with Gasteiger partial charge in [-0.2, -0.15) is 4.98 Å². The standard InChI is InChI=1S/C23H25N5O2S/c1-13-5-6-17(9-14(13)2)24-21(29)7-8-22-27-20(28-30-22)12-31-23-25-18-10-15(3)16(4)11-19(18)26-23/h5-6,9-11H,7-8,12H2,1-4H3,(H,24,29)(H,25,26). The van der Waals surface area contributed by atoms with Crippen LogP contribution in [0.15, 0.2) is 40.0 Å². The highest BCUT2D eigenvalue weighted by atomic mass is 32.2. The van der Waals surface area contributed by atoms with Crippen LogP contribution in [0.25, 0.3) is 11.0 Å². The summed E-state index contributed by atoms with van der Waals surface area (Å²) in [7, 11) is 0. The maximum atomic E-state index is 12.2. The first kappa shape index (κ1) is 21.1. The number of imidazole rings is 1. The van der Waals surface area contributed by atoms with Crippen LogP contribution in [0.1, 0.15) is 40.4 Å². The second kappa shape index (κ2) is 8.93. The van der Waals surface area contributed by atoms with Crippen molar-refractivity contribution < 1.29 is 9.32 Å². The fourth-order valence-electron chi connectivity index (χ4n) is 3.16. The molecule has 0 aliphatic carbocycles. The van der Waals surface area contributed by atoms with Gasteiger partial charge in [-0.1, -0.05) is 23.0 Å². The molecule has 0 fully saturated rings. The molecule has 0 aliphatic rings. The van der Waals surface area contributed by atoms with E-state index in [0.29, 0.717) is 23.9 Å². The minimum Gasteiger partial charge on any atom is -0.339 e. The average molecular weight is 436 g/mol. The van der Waals surface area contributed by atoms with Crippen LogP contribution in [0.5, 0.6) is 0 Å². The number of hydrogen-bond donors (Lipinski definition) is 2. The number of carbonyl (C=O) groups is 1. The maximum Gasteiger partial charge on any atom is 0.227 e. The van der Waals surface area contributed by atoms with E-state index in [9.17, 15) is 4.79 Å². The number of rotatable bonds is 7. The number of thioether (sulfide) groups is 1. The van der Waals surface area contributed by atoms with Crippen LogP contribution in [-0.2, 0) is 17.0 Å². The van der Waals surface area contributed by atoms with Crippen molar-refractivity contribution >= 4 is 34.4 Å². The minimum absolute atomic E-state index is 0.0785. The summed E-state index contributed by atoms with van der Waals surface area (Å²) < 4.78 is 5.29. The number of H-pyrrole nitrogens is 1. The van der Waals surface area contributed by atoms with Crippen molar-refractivity contribution in [3.05, 3.63) is 64.3 Å². The third-order valence-electron chi connectivity index (χ3n) is 5.28. The van der Waals surface area contributed by atoms with Gasteiger partial charge in [-0.25, -0.2) is 4.98 Å². The number of hydrogen-bond acceptors (Lipinski definition) is 6. The molecule has 0 atom stereocenters. The molecular weight excluding hydrogens is 410 g/mol. The predicted octanol–water partition coefficient (Wildman–Crippen LogP) is 5.04. The number of benzene rings is 2. The van der Waals surface area contributed by atoms with Gasteiger partial charge in [0.2, 0.25) is 11.8 Å². The highest BCUT2D eigenvalue weighted by Gasteiger charge is 2.12. The molecule has 31 heavy (non-hydrogen) atoms. The highest BCUT2D eigenvalue weighted by molar-refractivity contribution is 7.98. The summed E-state index contributed by atoms with van der Waals surface area (Å²) in [4.78, 5) is 24.5. The zero-order chi connectivity index (χ0) is 22.0. The third kappa shape index (κ3) is 5.14. The molecule has 160 valence electrons. The Kier molecular flexibility index (Phi) is 6.08. The van der Waals surface area contributed by atoms with Crippen LogP contribution < -0.4 is 5.32 Å². The molecule has 0 aliphatic heterocycles. The van der Waals surface area contributed by atoms with Gasteiger partial charge in [0, 0.05) is 18.5 Å². The van der Waals surface area contributed by atoms with Crippen LogP contribution in [-0.4, -0.2) is 26.0 Å². The van der Waals surface area contributed by atoms with Gasteiger partial charge in [-0.3, -0.25) is 4.79 Å². The Balaban J connectivity index is 1.29. The molecule has 2 aromatic carbocycles. The van der Waals surface area contributed by atoms with Gasteiger partial charge in [-0.05, 0) is 74.2 Å². The average Bonchev–Trinajstić information content (AvgIpc) is 3.34. The summed E-state index contributed by atoms with van der Waals surface area (Å²) >= 11 is 1.52. The van der Waals surface area contributed by atoms with Crippen molar-refractivity contribution in [2.75, 3.05) is 5.32 Å². The molecule has 0 spiro atoms. The third-order valence-corrected chi connectivity index (χ3v) is 6.15. The Hall–Kier alpha value is -3.13. The van der Waals surface area contributed by atoms with Crippen LogP contribution in [0.4, 0.5) is 5.69 Å². The fraction of sp³-hybridized carbons (Fsp3) is 0.304. The molecular formula is C23H25N5O2S.